The number of rotatable bonds is 5. The maximum absolute atomic E-state index is 5.70. The van der Waals surface area contributed by atoms with Gasteiger partial charge in [0.15, 0.2) is 0 Å². The number of thioether (sulfide) groups is 1. The van der Waals surface area contributed by atoms with E-state index < -0.39 is 0 Å². The van der Waals surface area contributed by atoms with Crippen LogP contribution in [0.1, 0.15) is 23.0 Å². The zero-order chi connectivity index (χ0) is 12.1. The van der Waals surface area contributed by atoms with Gasteiger partial charge in [0.05, 0.1) is 6.26 Å². The van der Waals surface area contributed by atoms with Gasteiger partial charge in [-0.25, -0.2) is 0 Å². The summed E-state index contributed by atoms with van der Waals surface area (Å²) in [6, 6.07) is 12.5. The molecule has 1 heterocycles. The van der Waals surface area contributed by atoms with E-state index in [-0.39, 0.29) is 0 Å². The Morgan fingerprint density at radius 3 is 2.59 bits per heavy atom. The Bertz CT molecular complexity index is 452. The number of nitrogens with two attached hydrogens (primary N) is 1. The third kappa shape index (κ3) is 3.14. The molecule has 2 aromatic rings. The van der Waals surface area contributed by atoms with Crippen LogP contribution in [0, 0.1) is 6.92 Å². The zero-order valence-corrected chi connectivity index (χ0v) is 10.7. The molecular weight excluding hydrogens is 230 g/mol. The molecule has 0 aliphatic carbocycles. The molecule has 90 valence electrons. The number of hydrogen-bond donors (Lipinski definition) is 1. The van der Waals surface area contributed by atoms with Crippen LogP contribution in [0.5, 0.6) is 0 Å². The quantitative estimate of drug-likeness (QED) is 0.817. The number of benzene rings is 1. The van der Waals surface area contributed by atoms with Crippen molar-refractivity contribution < 1.29 is 4.42 Å². The molecule has 1 unspecified atom stereocenters. The first kappa shape index (κ1) is 12.3. The van der Waals surface area contributed by atoms with Crippen LogP contribution in [0.3, 0.4) is 0 Å². The smallest absolute Gasteiger partial charge is 0.114 e. The fraction of sp³-hybridized carbons (Fsp3) is 0.286. The van der Waals surface area contributed by atoms with E-state index >= 15 is 0 Å². The lowest BCUT2D eigenvalue weighted by atomic mass is 10.1. The van der Waals surface area contributed by atoms with E-state index in [0.29, 0.717) is 11.8 Å². The molecule has 2 nitrogen and oxygen atoms in total. The first-order valence-electron chi connectivity index (χ1n) is 5.77. The molecule has 0 saturated heterocycles. The average molecular weight is 247 g/mol. The van der Waals surface area contributed by atoms with Crippen molar-refractivity contribution in [3.05, 3.63) is 54.0 Å². The number of aryl methyl sites for hydroxylation is 1. The Balaban J connectivity index is 2.16. The number of furan rings is 1. The van der Waals surface area contributed by atoms with E-state index in [1.807, 2.05) is 30.8 Å². The van der Waals surface area contributed by atoms with E-state index in [9.17, 15) is 0 Å². The summed E-state index contributed by atoms with van der Waals surface area (Å²) in [6.45, 7) is 2.69. The SMILES string of the molecule is Cc1occc1SC(CCN)c1ccccc1. The van der Waals surface area contributed by atoms with Crippen molar-refractivity contribution in [2.45, 2.75) is 23.5 Å². The lowest BCUT2D eigenvalue weighted by Crippen LogP contribution is -2.04. The summed E-state index contributed by atoms with van der Waals surface area (Å²) >= 11 is 1.83. The molecule has 0 fully saturated rings. The summed E-state index contributed by atoms with van der Waals surface area (Å²) in [5, 5.41) is 0.400. The Hall–Kier alpha value is -1.19. The van der Waals surface area contributed by atoms with Crippen LogP contribution in [0.15, 0.2) is 52.0 Å². The van der Waals surface area contributed by atoms with Gasteiger partial charge in [0.2, 0.25) is 0 Å². The second-order valence-electron chi connectivity index (χ2n) is 3.94. The van der Waals surface area contributed by atoms with Gasteiger partial charge in [0.1, 0.15) is 5.76 Å². The Morgan fingerprint density at radius 2 is 2.00 bits per heavy atom. The second kappa shape index (κ2) is 5.94. The molecule has 0 radical (unpaired) electrons. The lowest BCUT2D eigenvalue weighted by molar-refractivity contribution is 0.526. The Kier molecular flexibility index (Phi) is 4.29. The largest absolute Gasteiger partial charge is 0.468 e. The van der Waals surface area contributed by atoms with Crippen LogP contribution >= 0.6 is 11.8 Å². The summed E-state index contributed by atoms with van der Waals surface area (Å²) in [6.07, 6.45) is 2.71. The molecule has 1 aromatic heterocycles. The maximum atomic E-state index is 5.70. The third-order valence-corrected chi connectivity index (χ3v) is 4.15. The molecule has 2 N–H and O–H groups in total. The van der Waals surface area contributed by atoms with Crippen LogP contribution in [0.25, 0.3) is 0 Å². The summed E-state index contributed by atoms with van der Waals surface area (Å²) in [5.41, 5.74) is 7.02. The van der Waals surface area contributed by atoms with E-state index in [1.54, 1.807) is 6.26 Å². The van der Waals surface area contributed by atoms with Gasteiger partial charge in [-0.2, -0.15) is 0 Å². The van der Waals surface area contributed by atoms with Gasteiger partial charge in [-0.05, 0) is 31.5 Å². The zero-order valence-electron chi connectivity index (χ0n) is 9.93. The molecule has 2 rings (SSSR count). The standard InChI is InChI=1S/C14H17NOS/c1-11-13(8-10-16-11)17-14(7-9-15)12-5-3-2-4-6-12/h2-6,8,10,14H,7,9,15H2,1H3. The van der Waals surface area contributed by atoms with Crippen molar-refractivity contribution >= 4 is 11.8 Å². The minimum atomic E-state index is 0.400. The van der Waals surface area contributed by atoms with E-state index in [0.717, 1.165) is 12.2 Å². The normalized spacial score (nSPS) is 12.6. The highest BCUT2D eigenvalue weighted by molar-refractivity contribution is 7.99. The molecule has 3 heteroatoms. The lowest BCUT2D eigenvalue weighted by Gasteiger charge is -2.15. The van der Waals surface area contributed by atoms with Gasteiger partial charge in [-0.3, -0.25) is 0 Å². The highest BCUT2D eigenvalue weighted by atomic mass is 32.2. The summed E-state index contributed by atoms with van der Waals surface area (Å²) in [5.74, 6) is 0.980. The fourth-order valence-corrected chi connectivity index (χ4v) is 2.96. The first-order chi connectivity index (χ1) is 8.31. The van der Waals surface area contributed by atoms with E-state index in [2.05, 4.69) is 24.3 Å². The molecule has 0 spiro atoms. The topological polar surface area (TPSA) is 39.2 Å². The van der Waals surface area contributed by atoms with E-state index in [4.69, 9.17) is 10.2 Å². The van der Waals surface area contributed by atoms with Gasteiger partial charge in [-0.1, -0.05) is 30.3 Å². The molecule has 17 heavy (non-hydrogen) atoms. The molecule has 0 amide bonds. The minimum Gasteiger partial charge on any atom is -0.468 e. The second-order valence-corrected chi connectivity index (χ2v) is 5.18. The molecule has 0 saturated carbocycles. The van der Waals surface area contributed by atoms with Crippen LogP contribution in [-0.2, 0) is 0 Å². The van der Waals surface area contributed by atoms with Gasteiger partial charge < -0.3 is 10.2 Å². The fourth-order valence-electron chi connectivity index (χ4n) is 1.76. The maximum Gasteiger partial charge on any atom is 0.114 e. The van der Waals surface area contributed by atoms with Crippen LogP contribution in [0.4, 0.5) is 0 Å². The first-order valence-corrected chi connectivity index (χ1v) is 6.65. The van der Waals surface area contributed by atoms with Gasteiger partial charge in [-0.15, -0.1) is 11.8 Å². The van der Waals surface area contributed by atoms with Crippen LogP contribution < -0.4 is 5.73 Å². The van der Waals surface area contributed by atoms with Crippen LogP contribution in [-0.4, -0.2) is 6.54 Å². The van der Waals surface area contributed by atoms with Crippen molar-refractivity contribution in [3.8, 4) is 0 Å². The molecular formula is C14H17NOS. The van der Waals surface area contributed by atoms with Gasteiger partial charge in [0, 0.05) is 10.1 Å². The van der Waals surface area contributed by atoms with Crippen molar-refractivity contribution in [1.29, 1.82) is 0 Å². The predicted octanol–water partition coefficient (Wildman–Crippen LogP) is 3.77. The molecule has 0 aliphatic rings. The highest BCUT2D eigenvalue weighted by Gasteiger charge is 2.14. The summed E-state index contributed by atoms with van der Waals surface area (Å²) in [7, 11) is 0. The Labute approximate surface area is 106 Å². The van der Waals surface area contributed by atoms with E-state index in [1.165, 1.54) is 10.5 Å². The van der Waals surface area contributed by atoms with Crippen molar-refractivity contribution in [2.75, 3.05) is 6.54 Å². The van der Waals surface area contributed by atoms with Gasteiger partial charge >= 0.3 is 0 Å². The van der Waals surface area contributed by atoms with Crippen molar-refractivity contribution in [2.24, 2.45) is 5.73 Å². The minimum absolute atomic E-state index is 0.400. The van der Waals surface area contributed by atoms with Crippen molar-refractivity contribution in [3.63, 3.8) is 0 Å². The number of hydrogen-bond acceptors (Lipinski definition) is 3. The molecule has 1 aromatic carbocycles. The summed E-state index contributed by atoms with van der Waals surface area (Å²) < 4.78 is 5.33. The predicted molar refractivity (Wildman–Crippen MR) is 72.2 cm³/mol. The van der Waals surface area contributed by atoms with Crippen LogP contribution in [0.2, 0.25) is 0 Å². The average Bonchev–Trinajstić information content (AvgIpc) is 2.76. The summed E-state index contributed by atoms with van der Waals surface area (Å²) in [4.78, 5) is 1.20. The monoisotopic (exact) mass is 247 g/mol. The molecule has 1 atom stereocenters. The Morgan fingerprint density at radius 1 is 1.24 bits per heavy atom. The van der Waals surface area contributed by atoms with Crippen molar-refractivity contribution in [1.82, 2.24) is 0 Å². The molecule has 0 bridgehead atoms. The van der Waals surface area contributed by atoms with Gasteiger partial charge in [0.25, 0.3) is 0 Å². The highest BCUT2D eigenvalue weighted by Crippen LogP contribution is 2.39. The third-order valence-electron chi connectivity index (χ3n) is 2.68. The molecule has 0 aliphatic heterocycles.